The summed E-state index contributed by atoms with van der Waals surface area (Å²) < 4.78 is 41.8. The van der Waals surface area contributed by atoms with Crippen LogP contribution >= 0.6 is 0 Å². The van der Waals surface area contributed by atoms with E-state index in [0.717, 1.165) is 55.3 Å². The van der Waals surface area contributed by atoms with Crippen molar-refractivity contribution in [1.29, 1.82) is 0 Å². The molecule has 1 aromatic heterocycles. The van der Waals surface area contributed by atoms with Crippen molar-refractivity contribution in [2.75, 3.05) is 32.1 Å². The molecule has 5 rings (SSSR count). The summed E-state index contributed by atoms with van der Waals surface area (Å²) in [6.07, 6.45) is 7.73. The predicted octanol–water partition coefficient (Wildman–Crippen LogP) is 4.97. The van der Waals surface area contributed by atoms with E-state index in [1.165, 1.54) is 25.3 Å². The lowest BCUT2D eigenvalue weighted by Gasteiger charge is -2.26. The molecule has 10 nitrogen and oxygen atoms in total. The van der Waals surface area contributed by atoms with Gasteiger partial charge in [-0.15, -0.1) is 0 Å². The molecule has 3 aromatic rings. The van der Waals surface area contributed by atoms with Crippen LogP contribution in [0.1, 0.15) is 64.3 Å². The Morgan fingerprint density at radius 2 is 1.69 bits per heavy atom. The van der Waals surface area contributed by atoms with Gasteiger partial charge in [0.05, 0.1) is 24.8 Å². The van der Waals surface area contributed by atoms with Crippen LogP contribution in [0.4, 0.5) is 10.5 Å². The fraction of sp³-hybridized carbons (Fsp3) is 0.500. The molecule has 39 heavy (non-hydrogen) atoms. The maximum atomic E-state index is 14.1. The number of rotatable bonds is 7. The number of benzene rings is 2. The zero-order valence-corrected chi connectivity index (χ0v) is 23.3. The number of nitrogens with zero attached hydrogens (tertiary/aromatic N) is 3. The summed E-state index contributed by atoms with van der Waals surface area (Å²) in [5.41, 5.74) is 0.638. The lowest BCUT2D eigenvalue weighted by molar-refractivity contribution is 0.200. The maximum Gasteiger partial charge on any atom is 0.343 e. The van der Waals surface area contributed by atoms with E-state index in [2.05, 4.69) is 5.32 Å². The first-order valence-electron chi connectivity index (χ1n) is 13.7. The fourth-order valence-electron chi connectivity index (χ4n) is 5.71. The van der Waals surface area contributed by atoms with Crippen molar-refractivity contribution in [2.45, 2.75) is 69.2 Å². The van der Waals surface area contributed by atoms with E-state index in [1.54, 1.807) is 27.7 Å². The van der Waals surface area contributed by atoms with Crippen LogP contribution in [0.15, 0.2) is 46.1 Å². The summed E-state index contributed by atoms with van der Waals surface area (Å²) in [6.45, 7) is 3.71. The van der Waals surface area contributed by atoms with Crippen LogP contribution in [0.5, 0.6) is 11.5 Å². The molecule has 11 heteroatoms. The average molecular weight is 557 g/mol. The Hall–Kier alpha value is -3.47. The number of anilines is 1. The number of aromatic nitrogens is 2. The van der Waals surface area contributed by atoms with E-state index in [1.807, 2.05) is 6.92 Å². The third-order valence-corrected chi connectivity index (χ3v) is 9.36. The topological polar surface area (TPSA) is 112 Å². The van der Waals surface area contributed by atoms with E-state index in [4.69, 9.17) is 9.47 Å². The van der Waals surface area contributed by atoms with Crippen LogP contribution < -0.4 is 20.5 Å². The number of urea groups is 1. The molecule has 2 aromatic carbocycles. The average Bonchev–Trinajstić information content (AvgIpc) is 3.25. The van der Waals surface area contributed by atoms with Crippen molar-refractivity contribution in [2.24, 2.45) is 0 Å². The third-order valence-electron chi connectivity index (χ3n) is 7.63. The van der Waals surface area contributed by atoms with Crippen LogP contribution in [-0.4, -0.2) is 54.7 Å². The minimum absolute atomic E-state index is 0.0443. The first-order valence-corrected chi connectivity index (χ1v) is 15.2. The van der Waals surface area contributed by atoms with Crippen LogP contribution in [0, 0.1) is 0 Å². The van der Waals surface area contributed by atoms with Crippen molar-refractivity contribution in [1.82, 2.24) is 13.4 Å². The third kappa shape index (κ3) is 5.24. The van der Waals surface area contributed by atoms with Gasteiger partial charge in [0.2, 0.25) is 0 Å². The molecule has 1 saturated heterocycles. The molecular weight excluding hydrogens is 520 g/mol. The molecule has 1 aliphatic carbocycles. The summed E-state index contributed by atoms with van der Waals surface area (Å²) in [6, 6.07) is 9.11. The monoisotopic (exact) mass is 556 g/mol. The van der Waals surface area contributed by atoms with Crippen LogP contribution in [0.3, 0.4) is 0 Å². The Bertz CT molecular complexity index is 1510. The number of likely N-dealkylation sites (tertiary alicyclic amines) is 1. The van der Waals surface area contributed by atoms with Crippen molar-refractivity contribution < 1.29 is 22.7 Å². The van der Waals surface area contributed by atoms with Gasteiger partial charge in [0.15, 0.2) is 0 Å². The quantitative estimate of drug-likeness (QED) is 0.440. The van der Waals surface area contributed by atoms with Gasteiger partial charge in [0.1, 0.15) is 16.4 Å². The minimum atomic E-state index is -4.35. The molecule has 0 atom stereocenters. The molecule has 0 radical (unpaired) electrons. The molecule has 0 spiro atoms. The molecule has 2 amide bonds. The van der Waals surface area contributed by atoms with Gasteiger partial charge in [-0.25, -0.2) is 18.0 Å². The van der Waals surface area contributed by atoms with Gasteiger partial charge in [-0.05, 0) is 63.3 Å². The van der Waals surface area contributed by atoms with Crippen molar-refractivity contribution in [3.05, 3.63) is 46.9 Å². The standard InChI is InChI=1S/C28H36N4O6S/c1-3-38-22-13-14-23-24(19-22)31(21-10-6-4-7-11-21)28(34)32(23)39(35,36)26-15-12-20(18-25(26)37-2)29-27(33)30-16-8-5-9-17-30/h12-15,18-19,21H,3-11,16-17H2,1-2H3,(H,29,33). The van der Waals surface area contributed by atoms with Gasteiger partial charge in [-0.3, -0.25) is 4.57 Å². The van der Waals surface area contributed by atoms with Gasteiger partial charge in [0, 0.05) is 37.0 Å². The zero-order valence-electron chi connectivity index (χ0n) is 22.5. The second-order valence-electron chi connectivity index (χ2n) is 10.1. The Morgan fingerprint density at radius 3 is 2.38 bits per heavy atom. The number of nitrogens with one attached hydrogen (secondary N) is 1. The molecule has 0 unspecified atom stereocenters. The second kappa shape index (κ2) is 11.3. The van der Waals surface area contributed by atoms with Crippen molar-refractivity contribution >= 4 is 32.8 Å². The van der Waals surface area contributed by atoms with Gasteiger partial charge < -0.3 is 19.7 Å². The summed E-state index contributed by atoms with van der Waals surface area (Å²) in [5, 5.41) is 2.84. The number of imidazole rings is 1. The van der Waals surface area contributed by atoms with Gasteiger partial charge in [0.25, 0.3) is 10.0 Å². The molecular formula is C28H36N4O6S. The molecule has 2 fully saturated rings. The smallest absolute Gasteiger partial charge is 0.343 e. The number of carbonyl (C=O) groups is 1. The van der Waals surface area contributed by atoms with E-state index in [9.17, 15) is 18.0 Å². The molecule has 2 aliphatic rings. The van der Waals surface area contributed by atoms with Crippen molar-refractivity contribution in [3.8, 4) is 11.5 Å². The molecule has 1 N–H and O–H groups in total. The molecule has 1 saturated carbocycles. The van der Waals surface area contributed by atoms with E-state index < -0.39 is 15.7 Å². The summed E-state index contributed by atoms with van der Waals surface area (Å²) in [5.74, 6) is 0.623. The number of hydrogen-bond acceptors (Lipinski definition) is 6. The number of carbonyl (C=O) groups excluding carboxylic acids is 1. The van der Waals surface area contributed by atoms with Gasteiger partial charge >= 0.3 is 11.7 Å². The number of hydrogen-bond donors (Lipinski definition) is 1. The molecule has 210 valence electrons. The Balaban J connectivity index is 1.57. The number of piperidine rings is 1. The van der Waals surface area contributed by atoms with E-state index in [-0.39, 0.29) is 22.7 Å². The number of fused-ring (bicyclic) bond motifs is 1. The Morgan fingerprint density at radius 1 is 0.974 bits per heavy atom. The number of ether oxygens (including phenoxy) is 2. The normalized spacial score (nSPS) is 16.8. The van der Waals surface area contributed by atoms with Gasteiger partial charge in [-0.2, -0.15) is 3.97 Å². The maximum absolute atomic E-state index is 14.1. The first kappa shape index (κ1) is 27.1. The van der Waals surface area contributed by atoms with E-state index >= 15 is 0 Å². The van der Waals surface area contributed by atoms with E-state index in [0.29, 0.717) is 42.2 Å². The second-order valence-corrected chi connectivity index (χ2v) is 11.9. The molecule has 1 aliphatic heterocycles. The van der Waals surface area contributed by atoms with Crippen LogP contribution in [0.25, 0.3) is 11.0 Å². The predicted molar refractivity (Wildman–Crippen MR) is 150 cm³/mol. The first-order chi connectivity index (χ1) is 18.8. The molecule has 2 heterocycles. The highest BCUT2D eigenvalue weighted by molar-refractivity contribution is 7.90. The largest absolute Gasteiger partial charge is 0.495 e. The van der Waals surface area contributed by atoms with Crippen LogP contribution in [0.2, 0.25) is 0 Å². The highest BCUT2D eigenvalue weighted by Crippen LogP contribution is 2.34. The minimum Gasteiger partial charge on any atom is -0.495 e. The zero-order chi connectivity index (χ0) is 27.6. The Labute approximate surface area is 228 Å². The number of amides is 2. The van der Waals surface area contributed by atoms with Gasteiger partial charge in [-0.1, -0.05) is 19.3 Å². The molecule has 0 bridgehead atoms. The van der Waals surface area contributed by atoms with Crippen LogP contribution in [-0.2, 0) is 10.0 Å². The highest BCUT2D eigenvalue weighted by Gasteiger charge is 2.31. The summed E-state index contributed by atoms with van der Waals surface area (Å²) in [7, 11) is -2.99. The van der Waals surface area contributed by atoms with Crippen molar-refractivity contribution in [3.63, 3.8) is 0 Å². The number of methoxy groups -OCH3 is 1. The SMILES string of the molecule is CCOc1ccc2c(c1)n(C1CCCCC1)c(=O)n2S(=O)(=O)c1ccc(NC(=O)N2CCCCC2)cc1OC. The fourth-order valence-corrected chi connectivity index (χ4v) is 7.25. The highest BCUT2D eigenvalue weighted by atomic mass is 32.2. The summed E-state index contributed by atoms with van der Waals surface area (Å²) in [4.78, 5) is 28.1. The Kier molecular flexibility index (Phi) is 7.88. The summed E-state index contributed by atoms with van der Waals surface area (Å²) >= 11 is 0. The lowest BCUT2D eigenvalue weighted by Crippen LogP contribution is -2.38. The lowest BCUT2D eigenvalue weighted by atomic mass is 9.95.